The zero-order chi connectivity index (χ0) is 14.0. The molecular formula is C16H21N3S. The van der Waals surface area contributed by atoms with Crippen molar-refractivity contribution in [2.24, 2.45) is 5.41 Å². The van der Waals surface area contributed by atoms with Crippen LogP contribution in [0.15, 0.2) is 42.7 Å². The number of hydrogen-bond acceptors (Lipinski definition) is 3. The van der Waals surface area contributed by atoms with Crippen molar-refractivity contribution < 1.29 is 0 Å². The Balaban J connectivity index is 1.73. The fourth-order valence-corrected chi connectivity index (χ4v) is 4.02. The molecule has 0 spiro atoms. The van der Waals surface area contributed by atoms with Crippen LogP contribution in [-0.4, -0.2) is 27.3 Å². The first-order valence-electron chi connectivity index (χ1n) is 7.07. The number of rotatable bonds is 3. The fraction of sp³-hybridized carbons (Fsp3) is 0.438. The molecule has 1 N–H and O–H groups in total. The third-order valence-electron chi connectivity index (χ3n) is 3.60. The second-order valence-electron chi connectivity index (χ2n) is 6.23. The molecule has 1 aliphatic rings. The molecule has 2 heterocycles. The van der Waals surface area contributed by atoms with E-state index in [4.69, 9.17) is 0 Å². The van der Waals surface area contributed by atoms with Gasteiger partial charge in [0.05, 0.1) is 5.69 Å². The lowest BCUT2D eigenvalue weighted by Gasteiger charge is -2.35. The molecule has 106 valence electrons. The minimum atomic E-state index is 0.431. The van der Waals surface area contributed by atoms with Crippen LogP contribution in [0.3, 0.4) is 0 Å². The van der Waals surface area contributed by atoms with Crippen molar-refractivity contribution in [2.45, 2.75) is 26.3 Å². The summed E-state index contributed by atoms with van der Waals surface area (Å²) in [5.74, 6) is 2.45. The van der Waals surface area contributed by atoms with Gasteiger partial charge in [0.2, 0.25) is 0 Å². The van der Waals surface area contributed by atoms with Crippen molar-refractivity contribution in [3.05, 3.63) is 42.7 Å². The highest BCUT2D eigenvalue weighted by molar-refractivity contribution is 7.99. The van der Waals surface area contributed by atoms with E-state index in [9.17, 15) is 0 Å². The molecule has 1 aliphatic heterocycles. The van der Waals surface area contributed by atoms with Crippen molar-refractivity contribution in [3.8, 4) is 5.69 Å². The lowest BCUT2D eigenvalue weighted by Crippen LogP contribution is -2.35. The molecule has 3 nitrogen and oxygen atoms in total. The summed E-state index contributed by atoms with van der Waals surface area (Å²) >= 11 is 2.05. The Morgan fingerprint density at radius 3 is 3.00 bits per heavy atom. The van der Waals surface area contributed by atoms with Crippen molar-refractivity contribution in [1.29, 1.82) is 0 Å². The van der Waals surface area contributed by atoms with E-state index in [2.05, 4.69) is 60.3 Å². The van der Waals surface area contributed by atoms with E-state index in [1.54, 1.807) is 6.20 Å². The Morgan fingerprint density at radius 1 is 1.35 bits per heavy atom. The zero-order valence-corrected chi connectivity index (χ0v) is 12.9. The summed E-state index contributed by atoms with van der Waals surface area (Å²) in [6.45, 7) is 4.71. The minimum Gasteiger partial charge on any atom is -0.381 e. The Morgan fingerprint density at radius 2 is 2.25 bits per heavy atom. The number of nitrogens with zero attached hydrogens (tertiary/aromatic N) is 2. The van der Waals surface area contributed by atoms with E-state index >= 15 is 0 Å². The van der Waals surface area contributed by atoms with Gasteiger partial charge in [-0.2, -0.15) is 16.9 Å². The first kappa shape index (κ1) is 13.6. The van der Waals surface area contributed by atoms with Crippen LogP contribution in [0.5, 0.6) is 0 Å². The van der Waals surface area contributed by atoms with E-state index in [1.165, 1.54) is 23.6 Å². The van der Waals surface area contributed by atoms with Gasteiger partial charge in [0.25, 0.3) is 0 Å². The third-order valence-corrected chi connectivity index (χ3v) is 5.22. The molecule has 0 amide bonds. The molecule has 2 aromatic rings. The molecule has 20 heavy (non-hydrogen) atoms. The van der Waals surface area contributed by atoms with E-state index in [-0.39, 0.29) is 0 Å². The summed E-state index contributed by atoms with van der Waals surface area (Å²) in [5.41, 5.74) is 2.71. The maximum atomic E-state index is 4.28. The number of benzene rings is 1. The average Bonchev–Trinajstić information content (AvgIpc) is 2.91. The topological polar surface area (TPSA) is 29.9 Å². The van der Waals surface area contributed by atoms with Crippen LogP contribution in [0.4, 0.5) is 5.69 Å². The van der Waals surface area contributed by atoms with Crippen molar-refractivity contribution in [3.63, 3.8) is 0 Å². The van der Waals surface area contributed by atoms with Gasteiger partial charge in [-0.3, -0.25) is 0 Å². The maximum Gasteiger partial charge on any atom is 0.0666 e. The molecule has 1 fully saturated rings. The summed E-state index contributed by atoms with van der Waals surface area (Å²) in [6, 6.07) is 11.0. The molecule has 1 unspecified atom stereocenters. The molecule has 3 rings (SSSR count). The minimum absolute atomic E-state index is 0.431. The van der Waals surface area contributed by atoms with E-state index < -0.39 is 0 Å². The molecule has 1 saturated heterocycles. The van der Waals surface area contributed by atoms with Crippen LogP contribution in [-0.2, 0) is 0 Å². The molecule has 0 aliphatic carbocycles. The molecule has 1 atom stereocenters. The van der Waals surface area contributed by atoms with Gasteiger partial charge in [-0.05, 0) is 41.9 Å². The van der Waals surface area contributed by atoms with Crippen LogP contribution in [0.25, 0.3) is 5.69 Å². The largest absolute Gasteiger partial charge is 0.381 e. The van der Waals surface area contributed by atoms with Crippen LogP contribution < -0.4 is 5.32 Å². The quantitative estimate of drug-likeness (QED) is 0.931. The third kappa shape index (κ3) is 3.18. The van der Waals surface area contributed by atoms with Gasteiger partial charge in [0.1, 0.15) is 0 Å². The second-order valence-corrected chi connectivity index (χ2v) is 7.26. The Labute approximate surface area is 124 Å². The van der Waals surface area contributed by atoms with Gasteiger partial charge in [-0.1, -0.05) is 19.9 Å². The highest BCUT2D eigenvalue weighted by atomic mass is 32.2. The Bertz CT molecular complexity index is 563. The Kier molecular flexibility index (Phi) is 3.74. The molecule has 4 heteroatoms. The fourth-order valence-electron chi connectivity index (χ4n) is 2.75. The van der Waals surface area contributed by atoms with Gasteiger partial charge < -0.3 is 5.32 Å². The van der Waals surface area contributed by atoms with Gasteiger partial charge in [-0.15, -0.1) is 0 Å². The number of nitrogens with one attached hydrogen (secondary N) is 1. The van der Waals surface area contributed by atoms with E-state index in [1.807, 2.05) is 16.9 Å². The lowest BCUT2D eigenvalue weighted by molar-refractivity contribution is 0.358. The highest BCUT2D eigenvalue weighted by Crippen LogP contribution is 2.34. The summed E-state index contributed by atoms with van der Waals surface area (Å²) in [4.78, 5) is 0. The first-order chi connectivity index (χ1) is 9.62. The SMILES string of the molecule is CC1(C)CSCC(Nc2cccc(-n3cccn3)c2)C1. The summed E-state index contributed by atoms with van der Waals surface area (Å²) in [5, 5.41) is 7.96. The van der Waals surface area contributed by atoms with E-state index in [0.29, 0.717) is 11.5 Å². The summed E-state index contributed by atoms with van der Waals surface area (Å²) < 4.78 is 1.89. The molecular weight excluding hydrogens is 266 g/mol. The molecule has 0 radical (unpaired) electrons. The van der Waals surface area contributed by atoms with Gasteiger partial charge in [-0.25, -0.2) is 4.68 Å². The monoisotopic (exact) mass is 287 g/mol. The second kappa shape index (κ2) is 5.52. The average molecular weight is 287 g/mol. The molecule has 0 saturated carbocycles. The van der Waals surface area contributed by atoms with Crippen LogP contribution >= 0.6 is 11.8 Å². The van der Waals surface area contributed by atoms with Gasteiger partial charge >= 0.3 is 0 Å². The van der Waals surface area contributed by atoms with Crippen molar-refractivity contribution >= 4 is 17.4 Å². The zero-order valence-electron chi connectivity index (χ0n) is 12.0. The number of hydrogen-bond donors (Lipinski definition) is 1. The van der Waals surface area contributed by atoms with Crippen molar-refractivity contribution in [2.75, 3.05) is 16.8 Å². The highest BCUT2D eigenvalue weighted by Gasteiger charge is 2.28. The van der Waals surface area contributed by atoms with Crippen LogP contribution in [0.2, 0.25) is 0 Å². The maximum absolute atomic E-state index is 4.28. The Hall–Kier alpha value is -1.42. The van der Waals surface area contributed by atoms with E-state index in [0.717, 1.165) is 5.69 Å². The summed E-state index contributed by atoms with van der Waals surface area (Å²) in [6.07, 6.45) is 5.01. The summed E-state index contributed by atoms with van der Waals surface area (Å²) in [7, 11) is 0. The normalized spacial score (nSPS) is 21.6. The number of anilines is 1. The standard InChI is InChI=1S/C16H21N3S/c1-16(2)10-14(11-20-12-16)18-13-5-3-6-15(9-13)19-8-4-7-17-19/h3-9,14,18H,10-12H2,1-2H3. The molecule has 0 bridgehead atoms. The smallest absolute Gasteiger partial charge is 0.0666 e. The predicted octanol–water partition coefficient (Wildman–Crippen LogP) is 3.82. The lowest BCUT2D eigenvalue weighted by atomic mass is 9.88. The van der Waals surface area contributed by atoms with Crippen molar-refractivity contribution in [1.82, 2.24) is 9.78 Å². The molecule has 1 aromatic heterocycles. The number of aromatic nitrogens is 2. The molecule has 1 aromatic carbocycles. The predicted molar refractivity (Wildman–Crippen MR) is 86.7 cm³/mol. The number of thioether (sulfide) groups is 1. The first-order valence-corrected chi connectivity index (χ1v) is 8.22. The van der Waals surface area contributed by atoms with Crippen LogP contribution in [0, 0.1) is 5.41 Å². The van der Waals surface area contributed by atoms with Crippen LogP contribution in [0.1, 0.15) is 20.3 Å². The van der Waals surface area contributed by atoms with Gasteiger partial charge in [0, 0.05) is 29.9 Å². The van der Waals surface area contributed by atoms with Gasteiger partial charge in [0.15, 0.2) is 0 Å².